The van der Waals surface area contributed by atoms with E-state index in [-0.39, 0.29) is 40.1 Å². The molecule has 0 heterocycles. The Hall–Kier alpha value is -2.15. The third kappa shape index (κ3) is 36.7. The van der Waals surface area contributed by atoms with Crippen LogP contribution in [0.1, 0.15) is 26.7 Å². The topological polar surface area (TPSA) is 219 Å². The summed E-state index contributed by atoms with van der Waals surface area (Å²) in [6, 6.07) is -0.716. The Balaban J connectivity index is -0.000000101. The van der Waals surface area contributed by atoms with Crippen molar-refractivity contribution in [1.29, 1.82) is 0 Å². The summed E-state index contributed by atoms with van der Waals surface area (Å²) in [5.41, 5.74) is 10.4. The van der Waals surface area contributed by atoms with Crippen LogP contribution in [-0.4, -0.2) is 66.9 Å². The zero-order valence-corrected chi connectivity index (χ0v) is 18.9. The SMILES string of the molecule is C.COC(=O)/C=C/C(=O)O.COC(=O)/C=C/C(=O)[O-].NCCCCC(N)C(=O)O.[Y]. The van der Waals surface area contributed by atoms with E-state index in [9.17, 15) is 29.1 Å². The van der Waals surface area contributed by atoms with Gasteiger partial charge in [0.2, 0.25) is 0 Å². The molecule has 0 bridgehead atoms. The molecule has 12 nitrogen and oxygen atoms in total. The fraction of sp³-hybridized carbons (Fsp3) is 0.471. The molecule has 0 aromatic heterocycles. The number of carboxylic acid groups (broad SMARTS) is 3. The molecule has 6 N–H and O–H groups in total. The molecule has 30 heavy (non-hydrogen) atoms. The van der Waals surface area contributed by atoms with Gasteiger partial charge in [0, 0.05) is 50.9 Å². The first-order chi connectivity index (χ1) is 13.0. The van der Waals surface area contributed by atoms with Gasteiger partial charge in [-0.1, -0.05) is 13.8 Å². The van der Waals surface area contributed by atoms with E-state index in [0.29, 0.717) is 25.1 Å². The van der Waals surface area contributed by atoms with E-state index in [2.05, 4.69) is 9.47 Å². The monoisotopic (exact) mass is 510 g/mol. The minimum absolute atomic E-state index is 0. The number of carbonyl (C=O) groups excluding carboxylic acids is 3. The summed E-state index contributed by atoms with van der Waals surface area (Å²) in [6.07, 6.45) is 5.09. The first kappa shape index (κ1) is 38.5. The number of unbranched alkanes of at least 4 members (excludes halogenated alkanes) is 1. The van der Waals surface area contributed by atoms with Gasteiger partial charge in [-0.3, -0.25) is 4.79 Å². The molecule has 0 amide bonds. The molecule has 0 aliphatic heterocycles. The third-order valence-corrected chi connectivity index (χ3v) is 2.41. The third-order valence-electron chi connectivity index (χ3n) is 2.41. The van der Waals surface area contributed by atoms with Gasteiger partial charge < -0.3 is 41.1 Å². The Morgan fingerprint density at radius 3 is 1.67 bits per heavy atom. The molecule has 1 radical (unpaired) electrons. The van der Waals surface area contributed by atoms with Crippen LogP contribution in [0.4, 0.5) is 0 Å². The number of hydrogen-bond donors (Lipinski definition) is 4. The zero-order chi connectivity index (χ0) is 22.5. The predicted octanol–water partition coefficient (Wildman–Crippen LogP) is -1.57. The average molecular weight is 510 g/mol. The van der Waals surface area contributed by atoms with Crippen LogP contribution >= 0.6 is 0 Å². The van der Waals surface area contributed by atoms with Crippen LogP contribution in [0.25, 0.3) is 0 Å². The maximum atomic E-state index is 10.1. The summed E-state index contributed by atoms with van der Waals surface area (Å²) in [6.45, 7) is 0.604. The molecule has 0 saturated heterocycles. The van der Waals surface area contributed by atoms with Crippen LogP contribution in [0, 0.1) is 0 Å². The van der Waals surface area contributed by atoms with Crippen molar-refractivity contribution < 1.29 is 81.5 Å². The van der Waals surface area contributed by atoms with Crippen molar-refractivity contribution in [1.82, 2.24) is 0 Å². The van der Waals surface area contributed by atoms with Gasteiger partial charge >= 0.3 is 23.9 Å². The molecule has 0 fully saturated rings. The number of carboxylic acids is 3. The number of aliphatic carboxylic acids is 3. The van der Waals surface area contributed by atoms with Crippen molar-refractivity contribution in [3.63, 3.8) is 0 Å². The minimum Gasteiger partial charge on any atom is -0.545 e. The molecule has 0 aromatic carbocycles. The van der Waals surface area contributed by atoms with E-state index < -0.39 is 35.9 Å². The van der Waals surface area contributed by atoms with Crippen molar-refractivity contribution >= 4 is 29.8 Å². The smallest absolute Gasteiger partial charge is 0.330 e. The van der Waals surface area contributed by atoms with E-state index in [0.717, 1.165) is 32.1 Å². The van der Waals surface area contributed by atoms with Crippen molar-refractivity contribution in [2.75, 3.05) is 20.8 Å². The van der Waals surface area contributed by atoms with E-state index in [1.54, 1.807) is 0 Å². The van der Waals surface area contributed by atoms with Gasteiger partial charge in [0.15, 0.2) is 0 Å². The van der Waals surface area contributed by atoms with Crippen LogP contribution in [-0.2, 0) is 66.2 Å². The summed E-state index contributed by atoms with van der Waals surface area (Å²) in [4.78, 5) is 49.7. The van der Waals surface area contributed by atoms with Crippen molar-refractivity contribution in [2.24, 2.45) is 11.5 Å². The number of carbonyl (C=O) groups is 5. The van der Waals surface area contributed by atoms with E-state index in [1.165, 1.54) is 7.11 Å². The van der Waals surface area contributed by atoms with Crippen molar-refractivity contribution in [2.45, 2.75) is 32.7 Å². The first-order valence-corrected chi connectivity index (χ1v) is 7.66. The second-order valence-electron chi connectivity index (χ2n) is 4.60. The Bertz CT molecular complexity index is 529. The van der Waals surface area contributed by atoms with Crippen molar-refractivity contribution in [3.05, 3.63) is 24.3 Å². The standard InChI is InChI=1S/C6H14N2O2.2C5H6O4.CH4.Y/c7-4-2-1-3-5(8)6(9)10;2*1-9-5(8)3-2-4(6)7;;/h5H,1-4,7-8H2,(H,9,10);2*2-3H,1H3,(H,6,7);1H4;/p-1/b;2*3-2+;;. The molecule has 13 heteroatoms. The van der Waals surface area contributed by atoms with Gasteiger partial charge in [-0.2, -0.15) is 0 Å². The number of methoxy groups -OCH3 is 2. The second-order valence-corrected chi connectivity index (χ2v) is 4.60. The fourth-order valence-electron chi connectivity index (χ4n) is 1.04. The summed E-state index contributed by atoms with van der Waals surface area (Å²) in [5, 5.41) is 25.9. The van der Waals surface area contributed by atoms with Crippen LogP contribution in [0.2, 0.25) is 0 Å². The molecule has 1 atom stereocenters. The quantitative estimate of drug-likeness (QED) is 0.157. The van der Waals surface area contributed by atoms with Crippen LogP contribution in [0.5, 0.6) is 0 Å². The van der Waals surface area contributed by atoms with Gasteiger partial charge in [-0.25, -0.2) is 14.4 Å². The van der Waals surface area contributed by atoms with Crippen LogP contribution < -0.4 is 16.6 Å². The fourth-order valence-corrected chi connectivity index (χ4v) is 1.04. The summed E-state index contributed by atoms with van der Waals surface area (Å²) < 4.78 is 8.20. The van der Waals surface area contributed by atoms with Crippen molar-refractivity contribution in [3.8, 4) is 0 Å². The Morgan fingerprint density at radius 1 is 0.933 bits per heavy atom. The number of hydrogen-bond acceptors (Lipinski definition) is 10. The van der Waals surface area contributed by atoms with Gasteiger partial charge in [-0.05, 0) is 25.5 Å². The van der Waals surface area contributed by atoms with Gasteiger partial charge in [0.25, 0.3) is 0 Å². The normalized spacial score (nSPS) is 10.0. The van der Waals surface area contributed by atoms with Crippen LogP contribution in [0.15, 0.2) is 24.3 Å². The molecule has 0 aromatic rings. The largest absolute Gasteiger partial charge is 0.545 e. The zero-order valence-electron chi connectivity index (χ0n) is 16.1. The molecule has 0 spiro atoms. The maximum absolute atomic E-state index is 10.1. The van der Waals surface area contributed by atoms with Gasteiger partial charge in [0.1, 0.15) is 6.04 Å². The molecular weight excluding hydrogens is 481 g/mol. The van der Waals surface area contributed by atoms with E-state index in [1.807, 2.05) is 0 Å². The van der Waals surface area contributed by atoms with Gasteiger partial charge in [0.05, 0.1) is 20.2 Å². The number of nitrogens with two attached hydrogens (primary N) is 2. The molecular formula is C17H29N2O10Y-. The van der Waals surface area contributed by atoms with E-state index >= 15 is 0 Å². The Kier molecular flexibility index (Phi) is 34.4. The first-order valence-electron chi connectivity index (χ1n) is 7.66. The number of esters is 2. The molecule has 0 aliphatic rings. The molecule has 171 valence electrons. The number of rotatable bonds is 9. The Morgan fingerprint density at radius 2 is 1.37 bits per heavy atom. The van der Waals surface area contributed by atoms with E-state index in [4.69, 9.17) is 21.7 Å². The van der Waals surface area contributed by atoms with Gasteiger partial charge in [-0.15, -0.1) is 0 Å². The number of ether oxygens (including phenoxy) is 2. The van der Waals surface area contributed by atoms with Crippen LogP contribution in [0.3, 0.4) is 0 Å². The molecule has 1 unspecified atom stereocenters. The maximum Gasteiger partial charge on any atom is 0.330 e. The Labute approximate surface area is 200 Å². The average Bonchev–Trinajstić information content (AvgIpc) is 2.64. The molecule has 0 rings (SSSR count). The predicted molar refractivity (Wildman–Crippen MR) is 100 cm³/mol. The summed E-state index contributed by atoms with van der Waals surface area (Å²) >= 11 is 0. The summed E-state index contributed by atoms with van der Waals surface area (Å²) in [5.74, 6) is -4.89. The molecule has 0 aliphatic carbocycles. The minimum atomic E-state index is -1.42. The second kappa shape index (κ2) is 26.9. The summed E-state index contributed by atoms with van der Waals surface area (Å²) in [7, 11) is 2.33. The molecule has 0 saturated carbocycles.